The summed E-state index contributed by atoms with van der Waals surface area (Å²) in [6.45, 7) is 4.20. The molecule has 0 aromatic heterocycles. The molecule has 14 heavy (non-hydrogen) atoms. The van der Waals surface area contributed by atoms with Crippen molar-refractivity contribution in [1.82, 2.24) is 0 Å². The molecule has 0 fully saturated rings. The molecule has 1 aromatic carbocycles. The molecule has 0 saturated heterocycles. The number of benzene rings is 1. The molecule has 1 heterocycles. The van der Waals surface area contributed by atoms with E-state index in [1.54, 1.807) is 0 Å². The third-order valence-corrected chi connectivity index (χ3v) is 2.79. The summed E-state index contributed by atoms with van der Waals surface area (Å²) in [5.74, 6) is 1.04. The predicted octanol–water partition coefficient (Wildman–Crippen LogP) is 2.42. The number of fused-ring (bicyclic) bond motifs is 1. The molecule has 2 nitrogen and oxygen atoms in total. The van der Waals surface area contributed by atoms with Crippen LogP contribution < -0.4 is 10.5 Å². The summed E-state index contributed by atoms with van der Waals surface area (Å²) in [6, 6.07) is 6.39. The van der Waals surface area contributed by atoms with E-state index in [0.717, 1.165) is 24.2 Å². The molecule has 1 aliphatic heterocycles. The highest BCUT2D eigenvalue weighted by molar-refractivity contribution is 5.46. The van der Waals surface area contributed by atoms with E-state index < -0.39 is 0 Å². The largest absolute Gasteiger partial charge is 0.490 e. The summed E-state index contributed by atoms with van der Waals surface area (Å²) in [5.41, 5.74) is 8.50. The first-order valence-corrected chi connectivity index (χ1v) is 5.26. The molecule has 0 saturated carbocycles. The molecule has 1 aromatic rings. The summed E-state index contributed by atoms with van der Waals surface area (Å²) < 4.78 is 5.78. The quantitative estimate of drug-likeness (QED) is 0.779. The van der Waals surface area contributed by atoms with Gasteiger partial charge in [-0.1, -0.05) is 25.1 Å². The van der Waals surface area contributed by atoms with Crippen LogP contribution in [0.15, 0.2) is 18.2 Å². The fourth-order valence-corrected chi connectivity index (χ4v) is 1.97. The van der Waals surface area contributed by atoms with Gasteiger partial charge in [0.1, 0.15) is 11.9 Å². The van der Waals surface area contributed by atoms with Crippen LogP contribution >= 0.6 is 0 Å². The van der Waals surface area contributed by atoms with Gasteiger partial charge in [0.25, 0.3) is 0 Å². The van der Waals surface area contributed by atoms with E-state index in [4.69, 9.17) is 10.5 Å². The Morgan fingerprint density at radius 1 is 1.57 bits per heavy atom. The van der Waals surface area contributed by atoms with E-state index in [-0.39, 0.29) is 6.04 Å². The first-order valence-electron chi connectivity index (χ1n) is 5.26. The summed E-state index contributed by atoms with van der Waals surface area (Å²) >= 11 is 0. The van der Waals surface area contributed by atoms with Crippen molar-refractivity contribution in [2.45, 2.75) is 38.8 Å². The van der Waals surface area contributed by atoms with E-state index in [2.05, 4.69) is 32.0 Å². The van der Waals surface area contributed by atoms with Gasteiger partial charge in [-0.05, 0) is 18.9 Å². The molecule has 2 atom stereocenters. The second kappa shape index (κ2) is 3.62. The number of nitrogens with two attached hydrogens (primary N) is 1. The van der Waals surface area contributed by atoms with Crippen molar-refractivity contribution in [3.8, 4) is 5.75 Å². The van der Waals surface area contributed by atoms with Crippen molar-refractivity contribution in [1.29, 1.82) is 0 Å². The molecule has 76 valence electrons. The van der Waals surface area contributed by atoms with Gasteiger partial charge in [-0.2, -0.15) is 0 Å². The Balaban J connectivity index is 2.39. The molecule has 2 N–H and O–H groups in total. The number of rotatable bonds is 2. The molecule has 2 heteroatoms. The maximum absolute atomic E-state index is 6.03. The van der Waals surface area contributed by atoms with E-state index in [1.807, 2.05) is 0 Å². The van der Waals surface area contributed by atoms with Gasteiger partial charge in [-0.25, -0.2) is 0 Å². The van der Waals surface area contributed by atoms with Crippen LogP contribution in [0.3, 0.4) is 0 Å². The van der Waals surface area contributed by atoms with E-state index in [0.29, 0.717) is 6.10 Å². The Morgan fingerprint density at radius 3 is 3.07 bits per heavy atom. The minimum Gasteiger partial charge on any atom is -0.490 e. The van der Waals surface area contributed by atoms with Crippen molar-refractivity contribution >= 4 is 0 Å². The average Bonchev–Trinajstić information content (AvgIpc) is 2.56. The van der Waals surface area contributed by atoms with Crippen molar-refractivity contribution in [2.75, 3.05) is 0 Å². The molecule has 2 rings (SSSR count). The highest BCUT2D eigenvalue weighted by Gasteiger charge is 2.23. The maximum Gasteiger partial charge on any atom is 0.127 e. The lowest BCUT2D eigenvalue weighted by Crippen LogP contribution is -2.11. The van der Waals surface area contributed by atoms with Crippen LogP contribution in [0.2, 0.25) is 0 Å². The molecule has 0 spiro atoms. The number of ether oxygens (including phenoxy) is 1. The molecular formula is C12H17NO. The molecule has 2 unspecified atom stereocenters. The highest BCUT2D eigenvalue weighted by Crippen LogP contribution is 2.35. The van der Waals surface area contributed by atoms with Crippen LogP contribution in [0.25, 0.3) is 0 Å². The Kier molecular flexibility index (Phi) is 2.46. The first-order chi connectivity index (χ1) is 6.72. The van der Waals surface area contributed by atoms with Gasteiger partial charge in [0.05, 0.1) is 0 Å². The summed E-state index contributed by atoms with van der Waals surface area (Å²) in [5, 5.41) is 0. The molecule has 0 aliphatic carbocycles. The van der Waals surface area contributed by atoms with Gasteiger partial charge in [-0.15, -0.1) is 0 Å². The summed E-state index contributed by atoms with van der Waals surface area (Å²) in [7, 11) is 0. The summed E-state index contributed by atoms with van der Waals surface area (Å²) in [6.07, 6.45) is 2.27. The lowest BCUT2D eigenvalue weighted by Gasteiger charge is -2.14. The number of para-hydroxylation sites is 1. The lowest BCUT2D eigenvalue weighted by molar-refractivity contribution is 0.251. The topological polar surface area (TPSA) is 35.2 Å². The Morgan fingerprint density at radius 2 is 2.36 bits per heavy atom. The molecule has 0 bridgehead atoms. The number of hydrogen-bond donors (Lipinski definition) is 1. The van der Waals surface area contributed by atoms with E-state index in [9.17, 15) is 0 Å². The van der Waals surface area contributed by atoms with Crippen LogP contribution in [0.4, 0.5) is 0 Å². The maximum atomic E-state index is 6.03. The van der Waals surface area contributed by atoms with Gasteiger partial charge in [0.15, 0.2) is 0 Å². The molecular weight excluding hydrogens is 174 g/mol. The van der Waals surface area contributed by atoms with Crippen LogP contribution in [0.5, 0.6) is 5.75 Å². The second-order valence-electron chi connectivity index (χ2n) is 3.98. The van der Waals surface area contributed by atoms with Crippen LogP contribution in [-0.4, -0.2) is 6.10 Å². The van der Waals surface area contributed by atoms with Gasteiger partial charge in [0, 0.05) is 18.0 Å². The third-order valence-electron chi connectivity index (χ3n) is 2.79. The minimum atomic E-state index is 0.107. The van der Waals surface area contributed by atoms with Gasteiger partial charge >= 0.3 is 0 Å². The van der Waals surface area contributed by atoms with Crippen LogP contribution in [0, 0.1) is 0 Å². The van der Waals surface area contributed by atoms with Crippen LogP contribution in [0.1, 0.15) is 37.4 Å². The normalized spacial score (nSPS) is 21.5. The van der Waals surface area contributed by atoms with Crippen molar-refractivity contribution in [3.05, 3.63) is 29.3 Å². The van der Waals surface area contributed by atoms with Crippen molar-refractivity contribution in [3.63, 3.8) is 0 Å². The zero-order chi connectivity index (χ0) is 10.1. The fraction of sp³-hybridized carbons (Fsp3) is 0.500. The van der Waals surface area contributed by atoms with Crippen molar-refractivity contribution in [2.24, 2.45) is 5.73 Å². The predicted molar refractivity (Wildman–Crippen MR) is 57.5 cm³/mol. The zero-order valence-corrected chi connectivity index (χ0v) is 8.79. The highest BCUT2D eigenvalue weighted by atomic mass is 16.5. The molecule has 0 radical (unpaired) electrons. The average molecular weight is 191 g/mol. The third kappa shape index (κ3) is 1.50. The Hall–Kier alpha value is -1.02. The zero-order valence-electron chi connectivity index (χ0n) is 8.79. The lowest BCUT2D eigenvalue weighted by atomic mass is 10.0. The second-order valence-corrected chi connectivity index (χ2v) is 3.98. The van der Waals surface area contributed by atoms with Gasteiger partial charge in [-0.3, -0.25) is 0 Å². The molecule has 1 aliphatic rings. The van der Waals surface area contributed by atoms with E-state index in [1.165, 1.54) is 5.56 Å². The first kappa shape index (κ1) is 9.53. The Bertz CT molecular complexity index is 335. The van der Waals surface area contributed by atoms with E-state index >= 15 is 0 Å². The van der Waals surface area contributed by atoms with Gasteiger partial charge < -0.3 is 10.5 Å². The fourth-order valence-electron chi connectivity index (χ4n) is 1.97. The van der Waals surface area contributed by atoms with Crippen LogP contribution in [-0.2, 0) is 6.42 Å². The molecule has 0 amide bonds. The summed E-state index contributed by atoms with van der Waals surface area (Å²) in [4.78, 5) is 0. The van der Waals surface area contributed by atoms with Gasteiger partial charge in [0.2, 0.25) is 0 Å². The minimum absolute atomic E-state index is 0.107. The Labute approximate surface area is 85.1 Å². The van der Waals surface area contributed by atoms with Crippen molar-refractivity contribution < 1.29 is 4.74 Å². The monoisotopic (exact) mass is 191 g/mol. The standard InChI is InChI=1S/C12H17NO/c1-3-11(13)10-6-4-5-9-7-8(2)14-12(9)10/h4-6,8,11H,3,7,13H2,1-2H3. The number of hydrogen-bond acceptors (Lipinski definition) is 2. The SMILES string of the molecule is CCC(N)c1cccc2c1OC(C)C2. The smallest absolute Gasteiger partial charge is 0.127 e.